The summed E-state index contributed by atoms with van der Waals surface area (Å²) in [6.07, 6.45) is 10.3. The molecule has 0 aliphatic carbocycles. The summed E-state index contributed by atoms with van der Waals surface area (Å²) in [7, 11) is 0. The van der Waals surface area contributed by atoms with Crippen molar-refractivity contribution in [2.45, 2.75) is 58.3 Å². The van der Waals surface area contributed by atoms with Gasteiger partial charge in [-0.1, -0.05) is 63.6 Å². The van der Waals surface area contributed by atoms with Crippen LogP contribution in [-0.2, 0) is 49.1 Å². The van der Waals surface area contributed by atoms with Gasteiger partial charge in [-0.3, -0.25) is 0 Å². The van der Waals surface area contributed by atoms with Crippen molar-refractivity contribution in [3.05, 3.63) is 29.8 Å². The molecule has 0 saturated heterocycles. The van der Waals surface area contributed by atoms with E-state index in [0.717, 1.165) is 12.2 Å². The number of hydrogen-bond donors (Lipinski definition) is 1. The number of aryl methyl sites for hydroxylation is 1. The topological polar surface area (TPSA) is 113 Å². The second-order valence-electron chi connectivity index (χ2n) is 10.6. The van der Waals surface area contributed by atoms with Crippen LogP contribution < -0.4 is 4.74 Å². The number of hydrogen-bond acceptors (Lipinski definition) is 11. The summed E-state index contributed by atoms with van der Waals surface area (Å²) in [4.78, 5) is 0. The Morgan fingerprint density at radius 1 is 0.413 bits per heavy atom. The van der Waals surface area contributed by atoms with E-state index in [1.54, 1.807) is 0 Å². The molecule has 11 heteroatoms. The number of ether oxygens (including phenoxy) is 10. The molecular formula is C35H64O11. The zero-order valence-electron chi connectivity index (χ0n) is 28.6. The minimum absolute atomic E-state index is 0.0281. The molecule has 0 spiro atoms. The Morgan fingerprint density at radius 2 is 0.761 bits per heavy atom. The predicted molar refractivity (Wildman–Crippen MR) is 178 cm³/mol. The molecule has 1 aromatic rings. The predicted octanol–water partition coefficient (Wildman–Crippen LogP) is 4.50. The Morgan fingerprint density at radius 3 is 1.17 bits per heavy atom. The first-order valence-electron chi connectivity index (χ1n) is 17.4. The molecule has 0 amide bonds. The van der Waals surface area contributed by atoms with E-state index in [0.29, 0.717) is 126 Å². The van der Waals surface area contributed by atoms with Crippen molar-refractivity contribution in [1.29, 1.82) is 0 Å². The molecule has 0 aromatic heterocycles. The van der Waals surface area contributed by atoms with Crippen molar-refractivity contribution in [3.63, 3.8) is 0 Å². The zero-order chi connectivity index (χ0) is 32.9. The molecule has 0 fully saturated rings. The fraction of sp³-hybridized carbons (Fsp3) is 0.829. The van der Waals surface area contributed by atoms with Crippen LogP contribution in [-0.4, -0.2) is 137 Å². The van der Waals surface area contributed by atoms with Gasteiger partial charge < -0.3 is 52.5 Å². The Balaban J connectivity index is 1.75. The molecule has 0 bridgehead atoms. The lowest BCUT2D eigenvalue weighted by Gasteiger charge is -2.12. The fourth-order valence-electron chi connectivity index (χ4n) is 4.26. The Labute approximate surface area is 278 Å². The second-order valence-corrected chi connectivity index (χ2v) is 10.6. The molecule has 270 valence electrons. The lowest BCUT2D eigenvalue weighted by atomic mass is 10.0. The lowest BCUT2D eigenvalue weighted by Crippen LogP contribution is -2.15. The van der Waals surface area contributed by atoms with Gasteiger partial charge in [0, 0.05) is 0 Å². The number of rotatable bonds is 38. The van der Waals surface area contributed by atoms with Crippen molar-refractivity contribution in [1.82, 2.24) is 0 Å². The molecule has 0 radical (unpaired) electrons. The smallest absolute Gasteiger partial charge is 0.122 e. The van der Waals surface area contributed by atoms with Gasteiger partial charge in [0.05, 0.1) is 126 Å². The molecule has 0 aliphatic rings. The van der Waals surface area contributed by atoms with Gasteiger partial charge in [-0.05, 0) is 24.5 Å². The Kier molecular flexibility index (Phi) is 33.8. The summed E-state index contributed by atoms with van der Waals surface area (Å²) >= 11 is 0. The summed E-state index contributed by atoms with van der Waals surface area (Å²) in [5, 5.41) is 8.59. The van der Waals surface area contributed by atoms with Crippen molar-refractivity contribution in [3.8, 4) is 5.75 Å². The van der Waals surface area contributed by atoms with E-state index in [2.05, 4.69) is 25.1 Å². The third-order valence-electron chi connectivity index (χ3n) is 6.72. The average Bonchev–Trinajstić information content (AvgIpc) is 3.07. The maximum atomic E-state index is 8.59. The van der Waals surface area contributed by atoms with Gasteiger partial charge in [0.15, 0.2) is 0 Å². The molecular weight excluding hydrogens is 596 g/mol. The molecule has 1 rings (SSSR count). The maximum absolute atomic E-state index is 8.59. The monoisotopic (exact) mass is 660 g/mol. The summed E-state index contributed by atoms with van der Waals surface area (Å²) in [6.45, 7) is 11.9. The molecule has 0 heterocycles. The largest absolute Gasteiger partial charge is 0.491 e. The van der Waals surface area contributed by atoms with Crippen molar-refractivity contribution in [2.24, 2.45) is 0 Å². The van der Waals surface area contributed by atoms with E-state index in [1.807, 2.05) is 6.07 Å². The van der Waals surface area contributed by atoms with Gasteiger partial charge in [0.25, 0.3) is 0 Å². The van der Waals surface area contributed by atoms with E-state index >= 15 is 0 Å². The normalized spacial score (nSPS) is 11.4. The number of benzene rings is 1. The van der Waals surface area contributed by atoms with E-state index < -0.39 is 0 Å². The van der Waals surface area contributed by atoms with Crippen LogP contribution in [0.15, 0.2) is 24.3 Å². The van der Waals surface area contributed by atoms with E-state index in [1.165, 1.54) is 50.5 Å². The van der Waals surface area contributed by atoms with Gasteiger partial charge >= 0.3 is 0 Å². The molecule has 0 aliphatic heterocycles. The van der Waals surface area contributed by atoms with Crippen LogP contribution in [0.1, 0.15) is 57.4 Å². The van der Waals surface area contributed by atoms with Gasteiger partial charge in [-0.15, -0.1) is 0 Å². The minimum atomic E-state index is 0.0281. The molecule has 1 aromatic carbocycles. The Bertz CT molecular complexity index is 726. The quantitative estimate of drug-likeness (QED) is 0.101. The standard InChI is InChI=1S/C35H64O11/c1-2-3-4-5-6-7-8-11-34-12-9-10-13-35(34)46-33-32-45-31-30-44-29-28-43-27-26-42-25-24-41-23-22-40-21-20-39-19-18-38-17-16-37-15-14-36/h9-10,12-13,36H,2-8,11,14-33H2,1H3. The first kappa shape index (κ1) is 42.6. The highest BCUT2D eigenvalue weighted by Crippen LogP contribution is 2.21. The van der Waals surface area contributed by atoms with Crippen molar-refractivity contribution < 1.29 is 52.5 Å². The summed E-state index contributed by atoms with van der Waals surface area (Å²) < 4.78 is 55.0. The second kappa shape index (κ2) is 36.5. The SMILES string of the molecule is CCCCCCCCCc1ccccc1OCCOCCOCCOCCOCCOCCOCCOCCOCCOCCO. The van der Waals surface area contributed by atoms with Crippen LogP contribution in [0.4, 0.5) is 0 Å². The molecule has 46 heavy (non-hydrogen) atoms. The molecule has 11 nitrogen and oxygen atoms in total. The number of para-hydroxylation sites is 1. The highest BCUT2D eigenvalue weighted by molar-refractivity contribution is 5.33. The van der Waals surface area contributed by atoms with Gasteiger partial charge in [-0.25, -0.2) is 0 Å². The van der Waals surface area contributed by atoms with Crippen LogP contribution in [0.25, 0.3) is 0 Å². The third kappa shape index (κ3) is 30.0. The highest BCUT2D eigenvalue weighted by atomic mass is 16.6. The summed E-state index contributed by atoms with van der Waals surface area (Å²) in [6, 6.07) is 8.34. The van der Waals surface area contributed by atoms with Crippen LogP contribution >= 0.6 is 0 Å². The first-order valence-corrected chi connectivity index (χ1v) is 17.4. The minimum Gasteiger partial charge on any atom is -0.491 e. The van der Waals surface area contributed by atoms with E-state index in [-0.39, 0.29) is 6.61 Å². The maximum Gasteiger partial charge on any atom is 0.122 e. The molecule has 0 saturated carbocycles. The third-order valence-corrected chi connectivity index (χ3v) is 6.72. The zero-order valence-corrected chi connectivity index (χ0v) is 28.6. The molecule has 0 unspecified atom stereocenters. The van der Waals surface area contributed by atoms with E-state index in [4.69, 9.17) is 52.5 Å². The van der Waals surface area contributed by atoms with Crippen LogP contribution in [0.5, 0.6) is 5.75 Å². The van der Waals surface area contributed by atoms with Crippen molar-refractivity contribution >= 4 is 0 Å². The molecule has 0 atom stereocenters. The lowest BCUT2D eigenvalue weighted by molar-refractivity contribution is -0.0258. The molecule has 1 N–H and O–H groups in total. The van der Waals surface area contributed by atoms with Crippen LogP contribution in [0.2, 0.25) is 0 Å². The number of unbranched alkanes of at least 4 members (excludes halogenated alkanes) is 6. The highest BCUT2D eigenvalue weighted by Gasteiger charge is 2.03. The van der Waals surface area contributed by atoms with E-state index in [9.17, 15) is 0 Å². The van der Waals surface area contributed by atoms with Crippen LogP contribution in [0.3, 0.4) is 0 Å². The number of aliphatic hydroxyl groups excluding tert-OH is 1. The Hall–Kier alpha value is -1.38. The van der Waals surface area contributed by atoms with Crippen molar-refractivity contribution in [2.75, 3.05) is 132 Å². The first-order chi connectivity index (χ1) is 22.9. The average molecular weight is 661 g/mol. The number of aliphatic hydroxyl groups is 1. The van der Waals surface area contributed by atoms with Gasteiger partial charge in [0.1, 0.15) is 12.4 Å². The van der Waals surface area contributed by atoms with Gasteiger partial charge in [0.2, 0.25) is 0 Å². The van der Waals surface area contributed by atoms with Crippen LogP contribution in [0, 0.1) is 0 Å². The summed E-state index contributed by atoms with van der Waals surface area (Å²) in [5.41, 5.74) is 1.29. The van der Waals surface area contributed by atoms with Gasteiger partial charge in [-0.2, -0.15) is 0 Å². The summed E-state index contributed by atoms with van der Waals surface area (Å²) in [5.74, 6) is 0.975. The fourth-order valence-corrected chi connectivity index (χ4v) is 4.26.